The zero-order chi connectivity index (χ0) is 17.9. The standard InChI is InChI=1S/C22H25N3O/c1-15(22(26)25-17-11-12-17)23-13-19(16-7-3-2-4-8-16)20-14-24-21-10-6-5-9-18(20)21/h2-10,14-15,17,19,23-24H,11-13H2,1H3,(H,25,26)/t15-,19+/m0/s1. The maximum atomic E-state index is 12.3. The molecular formula is C22H25N3O. The van der Waals surface area contributed by atoms with Crippen LogP contribution >= 0.6 is 0 Å². The van der Waals surface area contributed by atoms with Crippen molar-refractivity contribution >= 4 is 16.8 Å². The van der Waals surface area contributed by atoms with Crippen LogP contribution in [-0.4, -0.2) is 29.5 Å². The highest BCUT2D eigenvalue weighted by molar-refractivity contribution is 5.84. The Labute approximate surface area is 154 Å². The van der Waals surface area contributed by atoms with E-state index in [0.29, 0.717) is 12.6 Å². The molecule has 1 aliphatic carbocycles. The molecule has 4 nitrogen and oxygen atoms in total. The number of amides is 1. The molecule has 0 unspecified atom stereocenters. The Hall–Kier alpha value is -2.59. The lowest BCUT2D eigenvalue weighted by molar-refractivity contribution is -0.122. The van der Waals surface area contributed by atoms with E-state index in [1.165, 1.54) is 16.5 Å². The van der Waals surface area contributed by atoms with Crippen LogP contribution in [0.25, 0.3) is 10.9 Å². The zero-order valence-corrected chi connectivity index (χ0v) is 15.0. The Kier molecular flexibility index (Phi) is 4.76. The van der Waals surface area contributed by atoms with Crippen LogP contribution in [0, 0.1) is 0 Å². The molecule has 0 radical (unpaired) electrons. The van der Waals surface area contributed by atoms with Crippen LogP contribution in [-0.2, 0) is 4.79 Å². The number of benzene rings is 2. The lowest BCUT2D eigenvalue weighted by Crippen LogP contribution is -2.44. The largest absolute Gasteiger partial charge is 0.361 e. The molecule has 1 amide bonds. The lowest BCUT2D eigenvalue weighted by atomic mass is 9.90. The molecule has 0 spiro atoms. The molecule has 1 heterocycles. The average molecular weight is 347 g/mol. The van der Waals surface area contributed by atoms with E-state index in [4.69, 9.17) is 0 Å². The molecule has 4 rings (SSSR count). The second-order valence-corrected chi connectivity index (χ2v) is 7.17. The van der Waals surface area contributed by atoms with Crippen molar-refractivity contribution in [3.8, 4) is 0 Å². The van der Waals surface area contributed by atoms with Gasteiger partial charge in [-0.1, -0.05) is 48.5 Å². The molecule has 0 bridgehead atoms. The van der Waals surface area contributed by atoms with Crippen LogP contribution in [0.15, 0.2) is 60.8 Å². The van der Waals surface area contributed by atoms with Gasteiger partial charge in [-0.15, -0.1) is 0 Å². The molecule has 26 heavy (non-hydrogen) atoms. The highest BCUT2D eigenvalue weighted by Crippen LogP contribution is 2.30. The zero-order valence-electron chi connectivity index (χ0n) is 15.0. The predicted octanol–water partition coefficient (Wildman–Crippen LogP) is 3.56. The molecule has 0 aliphatic heterocycles. The highest BCUT2D eigenvalue weighted by atomic mass is 16.2. The number of carbonyl (C=O) groups is 1. The molecule has 1 fully saturated rings. The molecular weight excluding hydrogens is 322 g/mol. The molecule has 2 atom stereocenters. The number of carbonyl (C=O) groups excluding carboxylic acids is 1. The first-order chi connectivity index (χ1) is 12.7. The maximum Gasteiger partial charge on any atom is 0.237 e. The van der Waals surface area contributed by atoms with Gasteiger partial charge in [-0.05, 0) is 37.0 Å². The van der Waals surface area contributed by atoms with E-state index in [-0.39, 0.29) is 17.9 Å². The smallest absolute Gasteiger partial charge is 0.237 e. The quantitative estimate of drug-likeness (QED) is 0.612. The highest BCUT2D eigenvalue weighted by Gasteiger charge is 2.26. The molecule has 1 aromatic heterocycles. The lowest BCUT2D eigenvalue weighted by Gasteiger charge is -2.21. The fourth-order valence-electron chi connectivity index (χ4n) is 3.42. The summed E-state index contributed by atoms with van der Waals surface area (Å²) in [5.41, 5.74) is 3.65. The van der Waals surface area contributed by atoms with E-state index in [0.717, 1.165) is 18.4 Å². The first-order valence-electron chi connectivity index (χ1n) is 9.37. The Bertz CT molecular complexity index is 883. The minimum Gasteiger partial charge on any atom is -0.361 e. The molecule has 1 aliphatic rings. The molecule has 3 N–H and O–H groups in total. The Morgan fingerprint density at radius 1 is 1.12 bits per heavy atom. The summed E-state index contributed by atoms with van der Waals surface area (Å²) in [5, 5.41) is 7.75. The number of aromatic nitrogens is 1. The van der Waals surface area contributed by atoms with Gasteiger partial charge in [0.1, 0.15) is 0 Å². The minimum atomic E-state index is -0.202. The van der Waals surface area contributed by atoms with Gasteiger partial charge in [-0.3, -0.25) is 4.79 Å². The number of para-hydroxylation sites is 1. The molecule has 2 aromatic carbocycles. The van der Waals surface area contributed by atoms with Crippen LogP contribution in [0.1, 0.15) is 36.8 Å². The summed E-state index contributed by atoms with van der Waals surface area (Å²) < 4.78 is 0. The summed E-state index contributed by atoms with van der Waals surface area (Å²) in [5.74, 6) is 0.279. The average Bonchev–Trinajstić information content (AvgIpc) is 3.39. The van der Waals surface area contributed by atoms with Crippen molar-refractivity contribution in [3.05, 3.63) is 71.9 Å². The summed E-state index contributed by atoms with van der Waals surface area (Å²) in [4.78, 5) is 15.6. The summed E-state index contributed by atoms with van der Waals surface area (Å²) in [6.07, 6.45) is 4.32. The van der Waals surface area contributed by atoms with Gasteiger partial charge in [0.15, 0.2) is 0 Å². The molecule has 1 saturated carbocycles. The number of hydrogen-bond donors (Lipinski definition) is 3. The Morgan fingerprint density at radius 2 is 1.85 bits per heavy atom. The summed E-state index contributed by atoms with van der Waals surface area (Å²) in [6.45, 7) is 2.65. The topological polar surface area (TPSA) is 56.9 Å². The third-order valence-electron chi connectivity index (χ3n) is 5.14. The molecule has 0 saturated heterocycles. The van der Waals surface area contributed by atoms with Crippen molar-refractivity contribution in [2.45, 2.75) is 37.8 Å². The van der Waals surface area contributed by atoms with Crippen LogP contribution in [0.2, 0.25) is 0 Å². The normalized spacial score (nSPS) is 16.3. The Morgan fingerprint density at radius 3 is 2.62 bits per heavy atom. The van der Waals surface area contributed by atoms with Gasteiger partial charge in [0.25, 0.3) is 0 Å². The minimum absolute atomic E-state index is 0.0956. The van der Waals surface area contributed by atoms with Gasteiger partial charge >= 0.3 is 0 Å². The monoisotopic (exact) mass is 347 g/mol. The van der Waals surface area contributed by atoms with E-state index in [9.17, 15) is 4.79 Å². The number of H-pyrrole nitrogens is 1. The fourth-order valence-corrected chi connectivity index (χ4v) is 3.42. The van der Waals surface area contributed by atoms with Crippen LogP contribution < -0.4 is 10.6 Å². The number of fused-ring (bicyclic) bond motifs is 1. The van der Waals surface area contributed by atoms with E-state index < -0.39 is 0 Å². The Balaban J connectivity index is 1.56. The van der Waals surface area contributed by atoms with Gasteiger partial charge in [0.05, 0.1) is 6.04 Å². The summed E-state index contributed by atoms with van der Waals surface area (Å²) >= 11 is 0. The van der Waals surface area contributed by atoms with Crippen LogP contribution in [0.5, 0.6) is 0 Å². The number of hydrogen-bond acceptors (Lipinski definition) is 2. The number of aromatic amines is 1. The SMILES string of the molecule is C[C@H](NC[C@H](c1ccccc1)c1c[nH]c2ccccc12)C(=O)NC1CC1. The molecule has 4 heteroatoms. The van der Waals surface area contributed by atoms with Gasteiger partial charge in [0, 0.05) is 35.6 Å². The first-order valence-corrected chi connectivity index (χ1v) is 9.37. The van der Waals surface area contributed by atoms with Crippen LogP contribution in [0.3, 0.4) is 0 Å². The van der Waals surface area contributed by atoms with Crippen molar-refractivity contribution in [1.29, 1.82) is 0 Å². The van der Waals surface area contributed by atoms with Crippen molar-refractivity contribution in [2.75, 3.05) is 6.54 Å². The van der Waals surface area contributed by atoms with E-state index in [1.807, 2.05) is 19.1 Å². The van der Waals surface area contributed by atoms with Crippen molar-refractivity contribution in [1.82, 2.24) is 15.6 Å². The van der Waals surface area contributed by atoms with Gasteiger partial charge in [-0.25, -0.2) is 0 Å². The van der Waals surface area contributed by atoms with Crippen LogP contribution in [0.4, 0.5) is 0 Å². The number of nitrogens with one attached hydrogen (secondary N) is 3. The van der Waals surface area contributed by atoms with E-state index in [2.05, 4.69) is 64.3 Å². The second-order valence-electron chi connectivity index (χ2n) is 7.17. The van der Waals surface area contributed by atoms with Crippen molar-refractivity contribution in [2.24, 2.45) is 0 Å². The van der Waals surface area contributed by atoms with Crippen molar-refractivity contribution < 1.29 is 4.79 Å². The molecule has 3 aromatic rings. The van der Waals surface area contributed by atoms with E-state index >= 15 is 0 Å². The third-order valence-corrected chi connectivity index (χ3v) is 5.14. The predicted molar refractivity (Wildman–Crippen MR) is 105 cm³/mol. The van der Waals surface area contributed by atoms with E-state index in [1.54, 1.807) is 0 Å². The van der Waals surface area contributed by atoms with Gasteiger partial charge in [0.2, 0.25) is 5.91 Å². The third kappa shape index (κ3) is 3.65. The summed E-state index contributed by atoms with van der Waals surface area (Å²) in [6, 6.07) is 19.0. The van der Waals surface area contributed by atoms with Gasteiger partial charge in [-0.2, -0.15) is 0 Å². The fraction of sp³-hybridized carbons (Fsp3) is 0.318. The first kappa shape index (κ1) is 16.9. The van der Waals surface area contributed by atoms with Crippen molar-refractivity contribution in [3.63, 3.8) is 0 Å². The van der Waals surface area contributed by atoms with Gasteiger partial charge < -0.3 is 15.6 Å². The number of rotatable bonds is 7. The second kappa shape index (κ2) is 7.34. The molecule has 134 valence electrons. The maximum absolute atomic E-state index is 12.3. The summed E-state index contributed by atoms with van der Waals surface area (Å²) in [7, 11) is 0.